The van der Waals surface area contributed by atoms with Crippen LogP contribution in [0.5, 0.6) is 11.5 Å². The van der Waals surface area contributed by atoms with E-state index in [1.165, 1.54) is 5.56 Å². The van der Waals surface area contributed by atoms with Crippen molar-refractivity contribution in [3.8, 4) is 11.5 Å². The zero-order chi connectivity index (χ0) is 22.6. The minimum absolute atomic E-state index is 0.227. The molecule has 166 valence electrons. The van der Waals surface area contributed by atoms with E-state index in [2.05, 4.69) is 29.7 Å². The molecule has 1 amide bonds. The molecule has 0 fully saturated rings. The van der Waals surface area contributed by atoms with Crippen LogP contribution in [0.2, 0.25) is 0 Å². The molecular weight excluding hydrogens is 420 g/mol. The number of hydrogen-bond donors (Lipinski definition) is 2. The van der Waals surface area contributed by atoms with Crippen LogP contribution in [0.4, 0.5) is 5.69 Å². The lowest BCUT2D eigenvalue weighted by Gasteiger charge is -2.12. The fraction of sp³-hybridized carbons (Fsp3) is 0.231. The number of carbonyl (C=O) groups is 1. The maximum absolute atomic E-state index is 12.5. The first-order valence-corrected chi connectivity index (χ1v) is 11.2. The summed E-state index contributed by atoms with van der Waals surface area (Å²) in [5.41, 5.74) is 2.50. The molecule has 32 heavy (non-hydrogen) atoms. The predicted octanol–water partition coefficient (Wildman–Crippen LogP) is 5.61. The van der Waals surface area contributed by atoms with E-state index in [4.69, 9.17) is 21.7 Å². The average molecular weight is 449 g/mol. The molecule has 2 N–H and O–H groups in total. The van der Waals surface area contributed by atoms with Crippen LogP contribution >= 0.6 is 12.2 Å². The summed E-state index contributed by atoms with van der Waals surface area (Å²) < 4.78 is 11.5. The number of ether oxygens (including phenoxy) is 2. The summed E-state index contributed by atoms with van der Waals surface area (Å²) in [4.78, 5) is 12.5. The number of rotatable bonds is 10. The van der Waals surface area contributed by atoms with Crippen LogP contribution in [0.3, 0.4) is 0 Å². The number of thiocarbonyl (C=S) groups is 1. The fourth-order valence-electron chi connectivity index (χ4n) is 2.97. The van der Waals surface area contributed by atoms with Crippen molar-refractivity contribution in [3.05, 3.63) is 90.0 Å². The molecule has 0 aliphatic carbocycles. The third-order valence-corrected chi connectivity index (χ3v) is 4.91. The third kappa shape index (κ3) is 7.71. The molecule has 0 saturated heterocycles. The average Bonchev–Trinajstić information content (AvgIpc) is 2.81. The Morgan fingerprint density at radius 1 is 0.875 bits per heavy atom. The Kier molecular flexibility index (Phi) is 9.07. The number of amides is 1. The summed E-state index contributed by atoms with van der Waals surface area (Å²) >= 11 is 5.28. The maximum Gasteiger partial charge on any atom is 0.257 e. The van der Waals surface area contributed by atoms with Crippen LogP contribution in [0.1, 0.15) is 35.7 Å². The van der Waals surface area contributed by atoms with Gasteiger partial charge in [-0.25, -0.2) is 0 Å². The normalized spacial score (nSPS) is 10.3. The molecule has 3 aromatic carbocycles. The van der Waals surface area contributed by atoms with Crippen molar-refractivity contribution in [2.24, 2.45) is 0 Å². The van der Waals surface area contributed by atoms with E-state index in [0.29, 0.717) is 24.5 Å². The Hall–Kier alpha value is -3.38. The quantitative estimate of drug-likeness (QED) is 0.312. The molecule has 0 atom stereocenters. The van der Waals surface area contributed by atoms with Crippen molar-refractivity contribution >= 4 is 28.9 Å². The monoisotopic (exact) mass is 448 g/mol. The highest BCUT2D eigenvalue weighted by Crippen LogP contribution is 2.17. The standard InChI is InChI=1S/C26H28N2O3S/c1-2-3-17-30-24-11-7-10-21(19-24)25(29)28-26(32)27-22-12-14-23(15-13-22)31-18-16-20-8-5-4-6-9-20/h4-15,19H,2-3,16-18H2,1H3,(H2,27,28,29,32). The van der Waals surface area contributed by atoms with Gasteiger partial charge in [0, 0.05) is 17.7 Å². The largest absolute Gasteiger partial charge is 0.494 e. The number of unbranched alkanes of at least 4 members (excludes halogenated alkanes) is 1. The minimum Gasteiger partial charge on any atom is -0.494 e. The number of nitrogens with one attached hydrogen (secondary N) is 2. The molecular formula is C26H28N2O3S. The number of carbonyl (C=O) groups excluding carboxylic acids is 1. The molecule has 0 aromatic heterocycles. The molecule has 0 radical (unpaired) electrons. The molecule has 0 aliphatic rings. The summed E-state index contributed by atoms with van der Waals surface area (Å²) in [6, 6.07) is 24.8. The zero-order valence-electron chi connectivity index (χ0n) is 18.2. The number of anilines is 1. The summed E-state index contributed by atoms with van der Waals surface area (Å²) in [5.74, 6) is 1.17. The second-order valence-corrected chi connectivity index (χ2v) is 7.65. The first-order valence-electron chi connectivity index (χ1n) is 10.8. The smallest absolute Gasteiger partial charge is 0.257 e. The molecule has 0 bridgehead atoms. The Morgan fingerprint density at radius 2 is 1.62 bits per heavy atom. The highest BCUT2D eigenvalue weighted by atomic mass is 32.1. The second kappa shape index (κ2) is 12.5. The van der Waals surface area contributed by atoms with Gasteiger partial charge in [0.15, 0.2) is 5.11 Å². The molecule has 0 spiro atoms. The molecule has 6 heteroatoms. The second-order valence-electron chi connectivity index (χ2n) is 7.25. The lowest BCUT2D eigenvalue weighted by molar-refractivity contribution is 0.0977. The molecule has 0 unspecified atom stereocenters. The summed E-state index contributed by atoms with van der Waals surface area (Å²) in [7, 11) is 0. The first-order chi connectivity index (χ1) is 15.6. The topological polar surface area (TPSA) is 59.6 Å². The van der Waals surface area contributed by atoms with Crippen molar-refractivity contribution < 1.29 is 14.3 Å². The van der Waals surface area contributed by atoms with Crippen LogP contribution in [0.15, 0.2) is 78.9 Å². The lowest BCUT2D eigenvalue weighted by Crippen LogP contribution is -2.34. The minimum atomic E-state index is -0.288. The molecule has 3 rings (SSSR count). The molecule has 3 aromatic rings. The summed E-state index contributed by atoms with van der Waals surface area (Å²) in [5, 5.41) is 5.95. The summed E-state index contributed by atoms with van der Waals surface area (Å²) in [6.45, 7) is 3.34. The predicted molar refractivity (Wildman–Crippen MR) is 133 cm³/mol. The zero-order valence-corrected chi connectivity index (χ0v) is 19.0. The molecule has 0 heterocycles. The molecule has 5 nitrogen and oxygen atoms in total. The van der Waals surface area contributed by atoms with Gasteiger partial charge < -0.3 is 14.8 Å². The van der Waals surface area contributed by atoms with Crippen molar-refractivity contribution in [2.45, 2.75) is 26.2 Å². The van der Waals surface area contributed by atoms with Crippen molar-refractivity contribution in [1.29, 1.82) is 0 Å². The molecule has 0 aliphatic heterocycles. The van der Waals surface area contributed by atoms with Gasteiger partial charge in [0.05, 0.1) is 13.2 Å². The van der Waals surface area contributed by atoms with Gasteiger partial charge in [-0.15, -0.1) is 0 Å². The first kappa shape index (κ1) is 23.3. The Labute approximate surface area is 194 Å². The lowest BCUT2D eigenvalue weighted by atomic mass is 10.2. The van der Waals surface area contributed by atoms with Gasteiger partial charge in [-0.2, -0.15) is 0 Å². The van der Waals surface area contributed by atoms with Crippen LogP contribution in [-0.4, -0.2) is 24.2 Å². The van der Waals surface area contributed by atoms with Gasteiger partial charge in [0.2, 0.25) is 0 Å². The van der Waals surface area contributed by atoms with Gasteiger partial charge in [-0.1, -0.05) is 49.7 Å². The van der Waals surface area contributed by atoms with Gasteiger partial charge in [0.1, 0.15) is 11.5 Å². The van der Waals surface area contributed by atoms with E-state index >= 15 is 0 Å². The number of hydrogen-bond acceptors (Lipinski definition) is 4. The van der Waals surface area contributed by atoms with Crippen LogP contribution in [0.25, 0.3) is 0 Å². The van der Waals surface area contributed by atoms with Crippen molar-refractivity contribution in [2.75, 3.05) is 18.5 Å². The van der Waals surface area contributed by atoms with Crippen LogP contribution in [-0.2, 0) is 6.42 Å². The van der Waals surface area contributed by atoms with Gasteiger partial charge in [-0.05, 0) is 66.7 Å². The van der Waals surface area contributed by atoms with E-state index < -0.39 is 0 Å². The van der Waals surface area contributed by atoms with Crippen LogP contribution < -0.4 is 20.1 Å². The SMILES string of the molecule is CCCCOc1cccc(C(=O)NC(=S)Nc2ccc(OCCc3ccccc3)cc2)c1. The Morgan fingerprint density at radius 3 is 2.38 bits per heavy atom. The fourth-order valence-corrected chi connectivity index (χ4v) is 3.18. The van der Waals surface area contributed by atoms with E-state index in [1.807, 2.05) is 48.5 Å². The number of benzene rings is 3. The maximum atomic E-state index is 12.5. The van der Waals surface area contributed by atoms with E-state index in [0.717, 1.165) is 30.7 Å². The summed E-state index contributed by atoms with van der Waals surface area (Å²) in [6.07, 6.45) is 2.88. The Balaban J connectivity index is 1.45. The van der Waals surface area contributed by atoms with Crippen LogP contribution in [0, 0.1) is 0 Å². The third-order valence-electron chi connectivity index (χ3n) is 4.70. The highest BCUT2D eigenvalue weighted by Gasteiger charge is 2.09. The van der Waals surface area contributed by atoms with E-state index in [1.54, 1.807) is 18.2 Å². The van der Waals surface area contributed by atoms with E-state index in [9.17, 15) is 4.79 Å². The van der Waals surface area contributed by atoms with Gasteiger partial charge in [0.25, 0.3) is 5.91 Å². The van der Waals surface area contributed by atoms with Crippen molar-refractivity contribution in [1.82, 2.24) is 5.32 Å². The Bertz CT molecular complexity index is 1010. The van der Waals surface area contributed by atoms with Crippen molar-refractivity contribution in [3.63, 3.8) is 0 Å². The molecule has 0 saturated carbocycles. The van der Waals surface area contributed by atoms with Gasteiger partial charge >= 0.3 is 0 Å². The highest BCUT2D eigenvalue weighted by molar-refractivity contribution is 7.80. The van der Waals surface area contributed by atoms with E-state index in [-0.39, 0.29) is 11.0 Å². The van der Waals surface area contributed by atoms with Gasteiger partial charge in [-0.3, -0.25) is 10.1 Å².